The summed E-state index contributed by atoms with van der Waals surface area (Å²) in [5.41, 5.74) is 3.01. The minimum atomic E-state index is -0.122. The topological polar surface area (TPSA) is 70.7 Å². The number of aryl methyl sites for hydroxylation is 1. The molecule has 1 aliphatic rings. The predicted molar refractivity (Wildman–Crippen MR) is 112 cm³/mol. The van der Waals surface area contributed by atoms with Crippen LogP contribution >= 0.6 is 0 Å². The SMILES string of the molecule is COCCN(CC(=O)Nc1cccc(C)c1C)CC(=O)N[C@@H]1CCCC[C@@H]1C. The Morgan fingerprint density at radius 3 is 2.57 bits per heavy atom. The lowest BCUT2D eigenvalue weighted by molar-refractivity contribution is -0.124. The molecule has 156 valence electrons. The van der Waals surface area contributed by atoms with Gasteiger partial charge in [-0.3, -0.25) is 14.5 Å². The maximum atomic E-state index is 12.5. The molecular weight excluding hydrogens is 354 g/mol. The fourth-order valence-electron chi connectivity index (χ4n) is 3.70. The summed E-state index contributed by atoms with van der Waals surface area (Å²) in [5.74, 6) is 0.371. The molecule has 0 unspecified atom stereocenters. The zero-order valence-corrected chi connectivity index (χ0v) is 17.7. The summed E-state index contributed by atoms with van der Waals surface area (Å²) in [4.78, 5) is 26.9. The number of carbonyl (C=O) groups is 2. The maximum absolute atomic E-state index is 12.5. The van der Waals surface area contributed by atoms with Crippen molar-refractivity contribution in [2.45, 2.75) is 52.5 Å². The average molecular weight is 390 g/mol. The lowest BCUT2D eigenvalue weighted by atomic mass is 9.86. The first kappa shape index (κ1) is 22.4. The summed E-state index contributed by atoms with van der Waals surface area (Å²) in [6, 6.07) is 6.09. The van der Waals surface area contributed by atoms with E-state index in [1.807, 2.05) is 36.9 Å². The molecule has 6 nitrogen and oxygen atoms in total. The number of ether oxygens (including phenoxy) is 1. The van der Waals surface area contributed by atoms with Crippen molar-refractivity contribution in [1.29, 1.82) is 0 Å². The van der Waals surface area contributed by atoms with Crippen molar-refractivity contribution in [3.63, 3.8) is 0 Å². The molecule has 0 bridgehead atoms. The summed E-state index contributed by atoms with van der Waals surface area (Å²) in [6.07, 6.45) is 4.61. The van der Waals surface area contributed by atoms with Crippen LogP contribution < -0.4 is 10.6 Å². The highest BCUT2D eigenvalue weighted by molar-refractivity contribution is 5.93. The van der Waals surface area contributed by atoms with Crippen LogP contribution in [-0.4, -0.2) is 56.1 Å². The Balaban J connectivity index is 1.91. The summed E-state index contributed by atoms with van der Waals surface area (Å²) < 4.78 is 5.15. The van der Waals surface area contributed by atoms with E-state index in [9.17, 15) is 9.59 Å². The molecule has 2 N–H and O–H groups in total. The van der Waals surface area contributed by atoms with Crippen molar-refractivity contribution in [3.05, 3.63) is 29.3 Å². The third kappa shape index (κ3) is 6.91. The van der Waals surface area contributed by atoms with Crippen LogP contribution in [0.25, 0.3) is 0 Å². The van der Waals surface area contributed by atoms with Crippen LogP contribution in [0.4, 0.5) is 5.69 Å². The van der Waals surface area contributed by atoms with Crippen LogP contribution in [0.5, 0.6) is 0 Å². The van der Waals surface area contributed by atoms with Gasteiger partial charge in [0, 0.05) is 25.4 Å². The smallest absolute Gasteiger partial charge is 0.238 e. The van der Waals surface area contributed by atoms with Crippen LogP contribution in [0.3, 0.4) is 0 Å². The molecule has 0 saturated heterocycles. The van der Waals surface area contributed by atoms with E-state index in [1.165, 1.54) is 12.8 Å². The Bertz CT molecular complexity index is 662. The monoisotopic (exact) mass is 389 g/mol. The second kappa shape index (κ2) is 11.2. The Morgan fingerprint density at radius 2 is 1.86 bits per heavy atom. The zero-order valence-electron chi connectivity index (χ0n) is 17.7. The van der Waals surface area contributed by atoms with Crippen LogP contribution in [0.15, 0.2) is 18.2 Å². The van der Waals surface area contributed by atoms with Gasteiger partial charge in [0.05, 0.1) is 19.7 Å². The van der Waals surface area contributed by atoms with Gasteiger partial charge in [-0.15, -0.1) is 0 Å². The molecule has 0 heterocycles. The van der Waals surface area contributed by atoms with Gasteiger partial charge < -0.3 is 15.4 Å². The first-order chi connectivity index (χ1) is 13.4. The standard InChI is InChI=1S/C22H35N3O3/c1-16-9-7-11-20(18(16)3)24-22(27)15-25(12-13-28-4)14-21(26)23-19-10-6-5-8-17(19)2/h7,9,11,17,19H,5-6,8,10,12-15H2,1-4H3,(H,23,26)(H,24,27)/t17-,19+/m0/s1. The molecule has 1 aromatic rings. The molecule has 2 rings (SSSR count). The van der Waals surface area contributed by atoms with E-state index in [1.54, 1.807) is 7.11 Å². The molecule has 0 aromatic heterocycles. The Hall–Kier alpha value is -1.92. The number of carbonyl (C=O) groups excluding carboxylic acids is 2. The molecule has 1 fully saturated rings. The third-order valence-corrected chi connectivity index (χ3v) is 5.68. The van der Waals surface area contributed by atoms with Gasteiger partial charge in [-0.2, -0.15) is 0 Å². The summed E-state index contributed by atoms with van der Waals surface area (Å²) in [6.45, 7) is 7.58. The fourth-order valence-corrected chi connectivity index (χ4v) is 3.70. The van der Waals surface area contributed by atoms with E-state index in [0.29, 0.717) is 19.1 Å². The molecular formula is C22H35N3O3. The number of nitrogens with zero attached hydrogens (tertiary/aromatic N) is 1. The first-order valence-corrected chi connectivity index (χ1v) is 10.3. The van der Waals surface area contributed by atoms with E-state index < -0.39 is 0 Å². The minimum absolute atomic E-state index is 0.0191. The number of methoxy groups -OCH3 is 1. The molecule has 1 aromatic carbocycles. The number of hydrogen-bond donors (Lipinski definition) is 2. The molecule has 28 heavy (non-hydrogen) atoms. The van der Waals surface area contributed by atoms with Crippen molar-refractivity contribution < 1.29 is 14.3 Å². The normalized spacial score (nSPS) is 19.5. The maximum Gasteiger partial charge on any atom is 0.238 e. The van der Waals surface area contributed by atoms with Crippen LogP contribution in [0.1, 0.15) is 43.7 Å². The number of nitrogens with one attached hydrogen (secondary N) is 2. The lowest BCUT2D eigenvalue weighted by Crippen LogP contribution is -2.47. The zero-order chi connectivity index (χ0) is 20.5. The average Bonchev–Trinajstić information content (AvgIpc) is 2.65. The Morgan fingerprint density at radius 1 is 1.14 bits per heavy atom. The molecule has 2 amide bonds. The van der Waals surface area contributed by atoms with E-state index in [4.69, 9.17) is 4.74 Å². The van der Waals surface area contributed by atoms with Gasteiger partial charge in [0.2, 0.25) is 11.8 Å². The van der Waals surface area contributed by atoms with Gasteiger partial charge in [0.1, 0.15) is 0 Å². The summed E-state index contributed by atoms with van der Waals surface area (Å²) in [5, 5.41) is 6.13. The van der Waals surface area contributed by atoms with Gasteiger partial charge in [-0.25, -0.2) is 0 Å². The number of anilines is 1. The highest BCUT2D eigenvalue weighted by Crippen LogP contribution is 2.23. The van der Waals surface area contributed by atoms with Crippen LogP contribution in [0.2, 0.25) is 0 Å². The molecule has 1 aliphatic carbocycles. The van der Waals surface area contributed by atoms with Crippen LogP contribution in [0, 0.1) is 19.8 Å². The fraction of sp³-hybridized carbons (Fsp3) is 0.636. The van der Waals surface area contributed by atoms with Gasteiger partial charge >= 0.3 is 0 Å². The Kier molecular flexibility index (Phi) is 8.93. The van der Waals surface area contributed by atoms with Crippen molar-refractivity contribution in [2.75, 3.05) is 38.7 Å². The second-order valence-corrected chi connectivity index (χ2v) is 7.93. The van der Waals surface area contributed by atoms with Gasteiger partial charge in [-0.1, -0.05) is 31.9 Å². The first-order valence-electron chi connectivity index (χ1n) is 10.3. The van der Waals surface area contributed by atoms with Crippen LogP contribution in [-0.2, 0) is 14.3 Å². The number of rotatable bonds is 9. The third-order valence-electron chi connectivity index (χ3n) is 5.68. The molecule has 6 heteroatoms. The molecule has 0 spiro atoms. The molecule has 0 aliphatic heterocycles. The van der Waals surface area contributed by atoms with Crippen molar-refractivity contribution >= 4 is 17.5 Å². The van der Waals surface area contributed by atoms with Gasteiger partial charge in [0.15, 0.2) is 0 Å². The van der Waals surface area contributed by atoms with Crippen molar-refractivity contribution in [3.8, 4) is 0 Å². The van der Waals surface area contributed by atoms with Gasteiger partial charge in [-0.05, 0) is 49.8 Å². The summed E-state index contributed by atoms with van der Waals surface area (Å²) >= 11 is 0. The number of amides is 2. The Labute approximate surface area is 169 Å². The van der Waals surface area contributed by atoms with Crippen molar-refractivity contribution in [2.24, 2.45) is 5.92 Å². The van der Waals surface area contributed by atoms with Crippen molar-refractivity contribution in [1.82, 2.24) is 10.2 Å². The number of hydrogen-bond acceptors (Lipinski definition) is 4. The second-order valence-electron chi connectivity index (χ2n) is 7.93. The quantitative estimate of drug-likeness (QED) is 0.681. The van der Waals surface area contributed by atoms with E-state index >= 15 is 0 Å². The summed E-state index contributed by atoms with van der Waals surface area (Å²) in [7, 11) is 1.62. The minimum Gasteiger partial charge on any atom is -0.383 e. The molecule has 2 atom stereocenters. The lowest BCUT2D eigenvalue weighted by Gasteiger charge is -2.30. The molecule has 1 saturated carbocycles. The highest BCUT2D eigenvalue weighted by atomic mass is 16.5. The van der Waals surface area contributed by atoms with E-state index in [0.717, 1.165) is 29.7 Å². The number of benzene rings is 1. The van der Waals surface area contributed by atoms with E-state index in [2.05, 4.69) is 17.6 Å². The van der Waals surface area contributed by atoms with Gasteiger partial charge in [0.25, 0.3) is 0 Å². The predicted octanol–water partition coefficient (Wildman–Crippen LogP) is 2.89. The molecule has 0 radical (unpaired) electrons. The highest BCUT2D eigenvalue weighted by Gasteiger charge is 2.24. The van der Waals surface area contributed by atoms with E-state index in [-0.39, 0.29) is 30.9 Å². The largest absolute Gasteiger partial charge is 0.383 e.